The Morgan fingerprint density at radius 3 is 2.54 bits per heavy atom. The molecule has 2 aromatic rings. The molecule has 0 aliphatic heterocycles. The van der Waals surface area contributed by atoms with Gasteiger partial charge in [0.25, 0.3) is 10.1 Å². The van der Waals surface area contributed by atoms with Crippen LogP contribution in [0.1, 0.15) is 23.1 Å². The van der Waals surface area contributed by atoms with Gasteiger partial charge in [-0.15, -0.1) is 0 Å². The summed E-state index contributed by atoms with van der Waals surface area (Å²) in [5.41, 5.74) is 3.56. The van der Waals surface area contributed by atoms with Crippen molar-refractivity contribution >= 4 is 10.1 Å². The van der Waals surface area contributed by atoms with Gasteiger partial charge in [0.1, 0.15) is 5.75 Å². The zero-order chi connectivity index (χ0) is 17.2. The lowest BCUT2D eigenvalue weighted by atomic mass is 9.84. The zero-order valence-corrected chi connectivity index (χ0v) is 14.8. The Morgan fingerprint density at radius 2 is 1.83 bits per heavy atom. The summed E-state index contributed by atoms with van der Waals surface area (Å²) < 4.78 is 35.1. The summed E-state index contributed by atoms with van der Waals surface area (Å²) in [5.74, 6) is 1.08. The van der Waals surface area contributed by atoms with Crippen LogP contribution in [0, 0.1) is 12.8 Å². The first kappa shape index (κ1) is 17.0. The van der Waals surface area contributed by atoms with E-state index in [0.29, 0.717) is 0 Å². The molecule has 0 saturated heterocycles. The number of hydrogen-bond acceptors (Lipinski definition) is 4. The Morgan fingerprint density at radius 1 is 1.08 bits per heavy atom. The number of hydrogen-bond donors (Lipinski definition) is 0. The Labute approximate surface area is 143 Å². The van der Waals surface area contributed by atoms with Crippen molar-refractivity contribution in [2.45, 2.75) is 31.1 Å². The number of aryl methyl sites for hydroxylation is 2. The molecule has 0 N–H and O–H groups in total. The van der Waals surface area contributed by atoms with Crippen molar-refractivity contribution in [1.82, 2.24) is 0 Å². The molecule has 0 heterocycles. The summed E-state index contributed by atoms with van der Waals surface area (Å²) in [6.45, 7) is 2.15. The largest absolute Gasteiger partial charge is 0.497 e. The molecule has 0 spiro atoms. The third-order valence-electron chi connectivity index (χ3n) is 4.51. The normalized spacial score (nSPS) is 17.3. The number of methoxy groups -OCH3 is 1. The van der Waals surface area contributed by atoms with Crippen LogP contribution >= 0.6 is 0 Å². The van der Waals surface area contributed by atoms with Crippen LogP contribution in [0.2, 0.25) is 0 Å². The van der Waals surface area contributed by atoms with Crippen molar-refractivity contribution < 1.29 is 17.3 Å². The van der Waals surface area contributed by atoms with Gasteiger partial charge >= 0.3 is 0 Å². The van der Waals surface area contributed by atoms with Crippen LogP contribution in [0.3, 0.4) is 0 Å². The van der Waals surface area contributed by atoms with E-state index < -0.39 is 10.1 Å². The fourth-order valence-corrected chi connectivity index (χ4v) is 4.01. The second kappa shape index (κ2) is 6.95. The van der Waals surface area contributed by atoms with Crippen LogP contribution in [0.25, 0.3) is 0 Å². The molecule has 1 aliphatic rings. The second-order valence-electron chi connectivity index (χ2n) is 6.30. The number of fused-ring (bicyclic) bond motifs is 1. The van der Waals surface area contributed by atoms with Crippen molar-refractivity contribution in [2.24, 2.45) is 5.92 Å². The van der Waals surface area contributed by atoms with Crippen molar-refractivity contribution in [3.8, 4) is 5.75 Å². The van der Waals surface area contributed by atoms with Crippen LogP contribution < -0.4 is 4.74 Å². The average molecular weight is 346 g/mol. The van der Waals surface area contributed by atoms with E-state index in [0.717, 1.165) is 30.6 Å². The quantitative estimate of drug-likeness (QED) is 0.778. The van der Waals surface area contributed by atoms with E-state index in [4.69, 9.17) is 8.92 Å². The Balaban J connectivity index is 1.64. The fraction of sp³-hybridized carbons (Fsp3) is 0.368. The molecule has 5 heteroatoms. The maximum absolute atomic E-state index is 12.3. The molecule has 0 bridgehead atoms. The van der Waals surface area contributed by atoms with Crippen molar-refractivity contribution in [3.05, 3.63) is 59.2 Å². The lowest BCUT2D eigenvalue weighted by molar-refractivity contribution is 0.239. The Hall–Kier alpha value is -1.85. The maximum Gasteiger partial charge on any atom is 0.296 e. The maximum atomic E-state index is 12.3. The van der Waals surface area contributed by atoms with Crippen molar-refractivity contribution in [2.75, 3.05) is 13.7 Å². The molecule has 0 aromatic heterocycles. The minimum atomic E-state index is -3.68. The topological polar surface area (TPSA) is 52.6 Å². The molecule has 2 aromatic carbocycles. The molecule has 1 atom stereocenters. The van der Waals surface area contributed by atoms with E-state index >= 15 is 0 Å². The third-order valence-corrected chi connectivity index (χ3v) is 5.81. The first-order chi connectivity index (χ1) is 11.5. The first-order valence-electron chi connectivity index (χ1n) is 8.10. The highest BCUT2D eigenvalue weighted by Crippen LogP contribution is 2.29. The smallest absolute Gasteiger partial charge is 0.296 e. The predicted octanol–water partition coefficient (Wildman–Crippen LogP) is 3.51. The van der Waals surface area contributed by atoms with Gasteiger partial charge in [0.15, 0.2) is 0 Å². The molecule has 24 heavy (non-hydrogen) atoms. The molecule has 4 nitrogen and oxygen atoms in total. The van der Waals surface area contributed by atoms with E-state index in [1.807, 2.05) is 13.0 Å². The Kier molecular flexibility index (Phi) is 4.92. The van der Waals surface area contributed by atoms with Crippen molar-refractivity contribution in [1.29, 1.82) is 0 Å². The minimum Gasteiger partial charge on any atom is -0.497 e. The third kappa shape index (κ3) is 3.79. The van der Waals surface area contributed by atoms with Gasteiger partial charge in [0.05, 0.1) is 18.6 Å². The molecular formula is C19H22O4S. The summed E-state index contributed by atoms with van der Waals surface area (Å²) >= 11 is 0. The van der Waals surface area contributed by atoms with E-state index in [9.17, 15) is 8.42 Å². The number of ether oxygens (including phenoxy) is 1. The summed E-state index contributed by atoms with van der Waals surface area (Å²) in [6.07, 6.45) is 2.68. The number of benzene rings is 2. The highest BCUT2D eigenvalue weighted by Gasteiger charge is 2.23. The van der Waals surface area contributed by atoms with E-state index in [-0.39, 0.29) is 17.4 Å². The fourth-order valence-electron chi connectivity index (χ4n) is 3.03. The summed E-state index contributed by atoms with van der Waals surface area (Å²) in [7, 11) is -2.02. The standard InChI is InChI=1S/C19H22O4S/c1-14-3-9-19(10-4-14)24(20,21)23-13-15-5-6-17-12-18(22-2)8-7-16(17)11-15/h3-4,7-10,12,15H,5-6,11,13H2,1-2H3. The molecule has 0 saturated carbocycles. The first-order valence-corrected chi connectivity index (χ1v) is 9.50. The average Bonchev–Trinajstić information content (AvgIpc) is 2.60. The minimum absolute atomic E-state index is 0.214. The van der Waals surface area contributed by atoms with E-state index in [1.54, 1.807) is 31.4 Å². The summed E-state index contributed by atoms with van der Waals surface area (Å²) in [4.78, 5) is 0.217. The van der Waals surface area contributed by atoms with Crippen LogP contribution in [0.4, 0.5) is 0 Å². The lowest BCUT2D eigenvalue weighted by Crippen LogP contribution is -2.21. The lowest BCUT2D eigenvalue weighted by Gasteiger charge is -2.24. The molecule has 0 amide bonds. The summed E-state index contributed by atoms with van der Waals surface area (Å²) in [6, 6.07) is 12.8. The van der Waals surface area contributed by atoms with Gasteiger partial charge in [0.2, 0.25) is 0 Å². The van der Waals surface area contributed by atoms with Crippen LogP contribution in [0.5, 0.6) is 5.75 Å². The van der Waals surface area contributed by atoms with Gasteiger partial charge in [-0.2, -0.15) is 8.42 Å². The van der Waals surface area contributed by atoms with Crippen LogP contribution in [-0.4, -0.2) is 22.1 Å². The molecule has 128 valence electrons. The SMILES string of the molecule is COc1ccc2c(c1)CCC(COS(=O)(=O)c1ccc(C)cc1)C2. The van der Waals surface area contributed by atoms with Gasteiger partial charge in [0, 0.05) is 0 Å². The molecule has 1 aliphatic carbocycles. The molecule has 0 radical (unpaired) electrons. The van der Waals surface area contributed by atoms with E-state index in [1.165, 1.54) is 11.1 Å². The van der Waals surface area contributed by atoms with Crippen LogP contribution in [0.15, 0.2) is 47.4 Å². The van der Waals surface area contributed by atoms with E-state index in [2.05, 4.69) is 12.1 Å². The van der Waals surface area contributed by atoms with Crippen LogP contribution in [-0.2, 0) is 27.1 Å². The van der Waals surface area contributed by atoms with Gasteiger partial charge in [-0.05, 0) is 67.5 Å². The molecule has 0 fully saturated rings. The van der Waals surface area contributed by atoms with Gasteiger partial charge in [-0.25, -0.2) is 0 Å². The summed E-state index contributed by atoms with van der Waals surface area (Å²) in [5, 5.41) is 0. The predicted molar refractivity (Wildman–Crippen MR) is 92.8 cm³/mol. The van der Waals surface area contributed by atoms with Crippen molar-refractivity contribution in [3.63, 3.8) is 0 Å². The van der Waals surface area contributed by atoms with Gasteiger partial charge in [-0.1, -0.05) is 23.8 Å². The molecule has 1 unspecified atom stereocenters. The monoisotopic (exact) mass is 346 g/mol. The number of rotatable bonds is 5. The van der Waals surface area contributed by atoms with Gasteiger partial charge < -0.3 is 4.74 Å². The molecular weight excluding hydrogens is 324 g/mol. The highest BCUT2D eigenvalue weighted by molar-refractivity contribution is 7.86. The molecule has 3 rings (SSSR count). The second-order valence-corrected chi connectivity index (χ2v) is 7.91. The highest BCUT2D eigenvalue weighted by atomic mass is 32.2. The Bertz CT molecular complexity index is 810. The zero-order valence-electron chi connectivity index (χ0n) is 14.0. The van der Waals surface area contributed by atoms with Gasteiger partial charge in [-0.3, -0.25) is 4.18 Å².